The lowest BCUT2D eigenvalue weighted by molar-refractivity contribution is -0.117. The number of nitrogens with one attached hydrogen (secondary N) is 1. The van der Waals surface area contributed by atoms with Crippen LogP contribution in [0, 0.1) is 0 Å². The van der Waals surface area contributed by atoms with Crippen LogP contribution in [-0.4, -0.2) is 55.9 Å². The summed E-state index contributed by atoms with van der Waals surface area (Å²) in [5, 5.41) is 2.99. The first-order valence-electron chi connectivity index (χ1n) is 8.98. The topological polar surface area (TPSA) is 66.5 Å². The van der Waals surface area contributed by atoms with Gasteiger partial charge in [0.25, 0.3) is 0 Å². The SMILES string of the molecule is O=C(C=C1CCCCC1)NC1CS(=O)(=O)CC1N1CCCCC1. The number of sulfone groups is 1. The molecule has 2 heterocycles. The fraction of sp³-hybridized carbons (Fsp3) is 0.824. The standard InChI is InChI=1S/C17H28N2O3S/c20-17(11-14-7-3-1-4-8-14)18-15-12-23(21,22)13-16(15)19-9-5-2-6-10-19/h11,15-16H,1-10,12-13H2,(H,18,20). The highest BCUT2D eigenvalue weighted by atomic mass is 32.2. The molecule has 0 radical (unpaired) electrons. The molecule has 5 nitrogen and oxygen atoms in total. The second-order valence-electron chi connectivity index (χ2n) is 7.22. The van der Waals surface area contributed by atoms with Gasteiger partial charge in [0.15, 0.2) is 9.84 Å². The molecular weight excluding hydrogens is 312 g/mol. The molecule has 1 aliphatic carbocycles. The van der Waals surface area contributed by atoms with Crippen molar-refractivity contribution in [2.24, 2.45) is 0 Å². The van der Waals surface area contributed by atoms with Gasteiger partial charge in [-0.25, -0.2) is 8.42 Å². The average Bonchev–Trinajstić information content (AvgIpc) is 2.83. The van der Waals surface area contributed by atoms with Crippen LogP contribution in [0.25, 0.3) is 0 Å². The number of nitrogens with zero attached hydrogens (tertiary/aromatic N) is 1. The molecule has 23 heavy (non-hydrogen) atoms. The predicted octanol–water partition coefficient (Wildman–Crippen LogP) is 1.64. The van der Waals surface area contributed by atoms with Gasteiger partial charge in [0.2, 0.25) is 5.91 Å². The van der Waals surface area contributed by atoms with E-state index in [4.69, 9.17) is 0 Å². The van der Waals surface area contributed by atoms with E-state index in [-0.39, 0.29) is 29.5 Å². The zero-order valence-corrected chi connectivity index (χ0v) is 14.6. The summed E-state index contributed by atoms with van der Waals surface area (Å²) in [5.41, 5.74) is 1.21. The summed E-state index contributed by atoms with van der Waals surface area (Å²) in [5.74, 6) is 0.170. The van der Waals surface area contributed by atoms with E-state index in [0.29, 0.717) is 0 Å². The van der Waals surface area contributed by atoms with E-state index in [0.717, 1.165) is 51.6 Å². The van der Waals surface area contributed by atoms with Crippen molar-refractivity contribution >= 4 is 15.7 Å². The molecule has 0 aromatic rings. The molecule has 2 unspecified atom stereocenters. The summed E-state index contributed by atoms with van der Waals surface area (Å²) in [7, 11) is -3.05. The monoisotopic (exact) mass is 340 g/mol. The lowest BCUT2D eigenvalue weighted by atomic mass is 9.94. The Balaban J connectivity index is 1.65. The van der Waals surface area contributed by atoms with Crippen molar-refractivity contribution in [3.05, 3.63) is 11.6 Å². The van der Waals surface area contributed by atoms with Crippen LogP contribution in [0.3, 0.4) is 0 Å². The maximum absolute atomic E-state index is 12.3. The Morgan fingerprint density at radius 1 is 1.00 bits per heavy atom. The minimum Gasteiger partial charge on any atom is -0.347 e. The lowest BCUT2D eigenvalue weighted by Crippen LogP contribution is -2.52. The maximum atomic E-state index is 12.3. The largest absolute Gasteiger partial charge is 0.347 e. The lowest BCUT2D eigenvalue weighted by Gasteiger charge is -2.34. The Kier molecular flexibility index (Phi) is 5.42. The van der Waals surface area contributed by atoms with Crippen LogP contribution in [0.4, 0.5) is 0 Å². The fourth-order valence-electron chi connectivity index (χ4n) is 4.14. The van der Waals surface area contributed by atoms with Crippen molar-refractivity contribution in [1.29, 1.82) is 0 Å². The third kappa shape index (κ3) is 4.57. The number of carbonyl (C=O) groups is 1. The van der Waals surface area contributed by atoms with E-state index in [2.05, 4.69) is 10.2 Å². The Morgan fingerprint density at radius 3 is 2.35 bits per heavy atom. The van der Waals surface area contributed by atoms with Crippen LogP contribution in [0.15, 0.2) is 11.6 Å². The maximum Gasteiger partial charge on any atom is 0.244 e. The molecule has 2 aliphatic heterocycles. The van der Waals surface area contributed by atoms with E-state index in [1.54, 1.807) is 6.08 Å². The van der Waals surface area contributed by atoms with Crippen LogP contribution >= 0.6 is 0 Å². The van der Waals surface area contributed by atoms with E-state index in [1.807, 2.05) is 0 Å². The molecule has 0 spiro atoms. The van der Waals surface area contributed by atoms with E-state index < -0.39 is 9.84 Å². The zero-order valence-electron chi connectivity index (χ0n) is 13.8. The van der Waals surface area contributed by atoms with Gasteiger partial charge in [0, 0.05) is 12.1 Å². The van der Waals surface area contributed by atoms with Crippen LogP contribution in [-0.2, 0) is 14.6 Å². The minimum absolute atomic E-state index is 0.0472. The Bertz CT molecular complexity index is 556. The molecule has 3 aliphatic rings. The summed E-state index contributed by atoms with van der Waals surface area (Å²) in [4.78, 5) is 14.6. The summed E-state index contributed by atoms with van der Waals surface area (Å²) in [6.07, 6.45) is 10.8. The summed E-state index contributed by atoms with van der Waals surface area (Å²) >= 11 is 0. The van der Waals surface area contributed by atoms with Gasteiger partial charge < -0.3 is 5.32 Å². The third-order valence-electron chi connectivity index (χ3n) is 5.34. The van der Waals surface area contributed by atoms with Gasteiger partial charge in [-0.1, -0.05) is 18.4 Å². The van der Waals surface area contributed by atoms with Crippen molar-refractivity contribution in [3.8, 4) is 0 Å². The summed E-state index contributed by atoms with van der Waals surface area (Å²) in [6.45, 7) is 1.90. The Morgan fingerprint density at radius 2 is 1.65 bits per heavy atom. The first kappa shape index (κ1) is 17.0. The number of carbonyl (C=O) groups excluding carboxylic acids is 1. The normalized spacial score (nSPS) is 31.7. The van der Waals surface area contributed by atoms with Gasteiger partial charge >= 0.3 is 0 Å². The smallest absolute Gasteiger partial charge is 0.244 e. The van der Waals surface area contributed by atoms with Crippen molar-refractivity contribution in [2.75, 3.05) is 24.6 Å². The Labute approximate surface area is 139 Å². The summed E-state index contributed by atoms with van der Waals surface area (Å²) in [6, 6.07) is -0.306. The van der Waals surface area contributed by atoms with Crippen molar-refractivity contribution in [1.82, 2.24) is 10.2 Å². The molecule has 1 amide bonds. The molecule has 3 fully saturated rings. The van der Waals surface area contributed by atoms with Gasteiger partial charge in [0.1, 0.15) is 0 Å². The molecule has 2 atom stereocenters. The molecule has 1 N–H and O–H groups in total. The van der Waals surface area contributed by atoms with Crippen molar-refractivity contribution < 1.29 is 13.2 Å². The van der Waals surface area contributed by atoms with E-state index in [9.17, 15) is 13.2 Å². The van der Waals surface area contributed by atoms with Gasteiger partial charge in [-0.15, -0.1) is 0 Å². The van der Waals surface area contributed by atoms with E-state index in [1.165, 1.54) is 18.4 Å². The third-order valence-corrected chi connectivity index (χ3v) is 7.06. The molecular formula is C17H28N2O3S. The zero-order chi connectivity index (χ0) is 16.3. The second-order valence-corrected chi connectivity index (χ2v) is 9.37. The second kappa shape index (κ2) is 7.34. The van der Waals surface area contributed by atoms with Crippen molar-refractivity contribution in [3.63, 3.8) is 0 Å². The van der Waals surface area contributed by atoms with Gasteiger partial charge in [-0.05, 0) is 51.6 Å². The number of amides is 1. The molecule has 0 bridgehead atoms. The highest BCUT2D eigenvalue weighted by molar-refractivity contribution is 7.91. The van der Waals surface area contributed by atoms with Gasteiger partial charge in [-0.3, -0.25) is 9.69 Å². The number of hydrogen-bond donors (Lipinski definition) is 1. The first-order chi connectivity index (χ1) is 11.0. The van der Waals surface area contributed by atoms with Gasteiger partial charge in [0.05, 0.1) is 17.5 Å². The van der Waals surface area contributed by atoms with Crippen molar-refractivity contribution in [2.45, 2.75) is 63.5 Å². The molecule has 2 saturated heterocycles. The minimum atomic E-state index is -3.05. The fourth-order valence-corrected chi connectivity index (χ4v) is 6.09. The van der Waals surface area contributed by atoms with Crippen LogP contribution in [0.5, 0.6) is 0 Å². The number of piperidine rings is 1. The molecule has 1 saturated carbocycles. The first-order valence-corrected chi connectivity index (χ1v) is 10.8. The number of likely N-dealkylation sites (tertiary alicyclic amines) is 1. The predicted molar refractivity (Wildman–Crippen MR) is 91.0 cm³/mol. The van der Waals surface area contributed by atoms with Crippen LogP contribution in [0.1, 0.15) is 51.4 Å². The number of hydrogen-bond acceptors (Lipinski definition) is 4. The van der Waals surface area contributed by atoms with E-state index >= 15 is 0 Å². The molecule has 3 rings (SSSR count). The molecule has 0 aromatic heterocycles. The highest BCUT2D eigenvalue weighted by Crippen LogP contribution is 2.24. The average molecular weight is 340 g/mol. The van der Waals surface area contributed by atoms with Gasteiger partial charge in [-0.2, -0.15) is 0 Å². The molecule has 0 aromatic carbocycles. The van der Waals surface area contributed by atoms with Crippen LogP contribution in [0.2, 0.25) is 0 Å². The highest BCUT2D eigenvalue weighted by Gasteiger charge is 2.41. The number of rotatable bonds is 3. The quantitative estimate of drug-likeness (QED) is 0.793. The van der Waals surface area contributed by atoms with Crippen LogP contribution < -0.4 is 5.32 Å². The summed E-state index contributed by atoms with van der Waals surface area (Å²) < 4.78 is 24.1. The Hall–Kier alpha value is -0.880. The molecule has 130 valence electrons. The number of allylic oxidation sites excluding steroid dienone is 1. The molecule has 6 heteroatoms.